The van der Waals surface area contributed by atoms with Crippen LogP contribution < -0.4 is 0 Å². The molecule has 0 saturated carbocycles. The van der Waals surface area contributed by atoms with Crippen LogP contribution in [0.2, 0.25) is 0 Å². The number of carbonyl (C=O) groups is 1. The van der Waals surface area contributed by atoms with Gasteiger partial charge in [-0.3, -0.25) is 4.79 Å². The molecule has 1 aromatic heterocycles. The van der Waals surface area contributed by atoms with Crippen LogP contribution in [-0.4, -0.2) is 42.4 Å². The molecule has 0 amide bonds. The Bertz CT molecular complexity index is 1470. The minimum atomic E-state index is -3.16. The van der Waals surface area contributed by atoms with E-state index in [4.69, 9.17) is 0 Å². The summed E-state index contributed by atoms with van der Waals surface area (Å²) in [6, 6.07) is 13.8. The van der Waals surface area contributed by atoms with Crippen LogP contribution in [0.3, 0.4) is 0 Å². The standard InChI is InChI=1S/C26H27N3O3S/c1-26(2)21-14-18(17-9-11-29(12-10-17)33(4,31)32)6-8-19(21)24(30)23-20-7-5-16(15-27)13-22(20)28(3)25(23)26/h5-8,13-14,17H,9-12H2,1-4H3. The molecule has 3 aromatic rings. The van der Waals surface area contributed by atoms with Gasteiger partial charge in [0.1, 0.15) is 0 Å². The van der Waals surface area contributed by atoms with Crippen LogP contribution in [0.5, 0.6) is 0 Å². The first-order chi connectivity index (χ1) is 15.5. The molecular weight excluding hydrogens is 434 g/mol. The van der Waals surface area contributed by atoms with Gasteiger partial charge in [0.15, 0.2) is 5.78 Å². The third-order valence-electron chi connectivity index (χ3n) is 7.50. The summed E-state index contributed by atoms with van der Waals surface area (Å²) in [5, 5.41) is 10.2. The van der Waals surface area contributed by atoms with E-state index in [1.54, 1.807) is 10.4 Å². The van der Waals surface area contributed by atoms with Crippen molar-refractivity contribution in [2.75, 3.05) is 19.3 Å². The third-order valence-corrected chi connectivity index (χ3v) is 8.81. The number of piperidine rings is 1. The quantitative estimate of drug-likeness (QED) is 0.576. The van der Waals surface area contributed by atoms with Gasteiger partial charge in [0.05, 0.1) is 29.0 Å². The van der Waals surface area contributed by atoms with E-state index in [1.807, 2.05) is 31.3 Å². The number of sulfonamides is 1. The zero-order valence-electron chi connectivity index (χ0n) is 19.3. The van der Waals surface area contributed by atoms with Gasteiger partial charge in [-0.25, -0.2) is 12.7 Å². The minimum Gasteiger partial charge on any atom is -0.346 e. The summed E-state index contributed by atoms with van der Waals surface area (Å²) in [5.41, 5.74) is 5.65. The molecule has 1 aliphatic carbocycles. The van der Waals surface area contributed by atoms with E-state index in [-0.39, 0.29) is 11.7 Å². The summed E-state index contributed by atoms with van der Waals surface area (Å²) in [4.78, 5) is 13.7. The number of hydrogen-bond donors (Lipinski definition) is 0. The van der Waals surface area contributed by atoms with Crippen molar-refractivity contribution < 1.29 is 13.2 Å². The van der Waals surface area contributed by atoms with E-state index in [1.165, 1.54) is 6.26 Å². The van der Waals surface area contributed by atoms with Crippen molar-refractivity contribution in [2.24, 2.45) is 7.05 Å². The molecule has 7 heteroatoms. The number of nitriles is 1. The highest BCUT2D eigenvalue weighted by atomic mass is 32.2. The van der Waals surface area contributed by atoms with Crippen LogP contribution in [0, 0.1) is 11.3 Å². The molecule has 2 aliphatic rings. The second-order valence-corrected chi connectivity index (χ2v) is 11.8. The zero-order valence-corrected chi connectivity index (χ0v) is 20.2. The van der Waals surface area contributed by atoms with E-state index < -0.39 is 15.4 Å². The molecule has 0 atom stereocenters. The number of aryl methyl sites for hydroxylation is 1. The van der Waals surface area contributed by atoms with Crippen LogP contribution >= 0.6 is 0 Å². The zero-order chi connectivity index (χ0) is 23.7. The molecule has 1 fully saturated rings. The molecule has 0 radical (unpaired) electrons. The van der Waals surface area contributed by atoms with E-state index >= 15 is 0 Å². The highest BCUT2D eigenvalue weighted by molar-refractivity contribution is 7.88. The van der Waals surface area contributed by atoms with Crippen LogP contribution in [0.1, 0.15) is 70.9 Å². The average Bonchev–Trinajstić information content (AvgIpc) is 3.10. The number of rotatable bonds is 2. The maximum Gasteiger partial charge on any atom is 0.211 e. The summed E-state index contributed by atoms with van der Waals surface area (Å²) in [7, 11) is -1.20. The number of aromatic nitrogens is 1. The summed E-state index contributed by atoms with van der Waals surface area (Å²) in [6.45, 7) is 5.35. The van der Waals surface area contributed by atoms with Gasteiger partial charge in [-0.1, -0.05) is 38.1 Å². The normalized spacial score (nSPS) is 18.7. The Morgan fingerprint density at radius 1 is 1.09 bits per heavy atom. The fraction of sp³-hybridized carbons (Fsp3) is 0.385. The average molecular weight is 462 g/mol. The molecule has 2 heterocycles. The Morgan fingerprint density at radius 2 is 1.79 bits per heavy atom. The molecule has 5 rings (SSSR count). The van der Waals surface area contributed by atoms with Crippen molar-refractivity contribution in [2.45, 2.75) is 38.0 Å². The molecule has 6 nitrogen and oxygen atoms in total. The molecule has 0 bridgehead atoms. The lowest BCUT2D eigenvalue weighted by Crippen LogP contribution is -2.37. The van der Waals surface area contributed by atoms with Gasteiger partial charge in [0.25, 0.3) is 0 Å². The smallest absolute Gasteiger partial charge is 0.211 e. The predicted octanol–water partition coefficient (Wildman–Crippen LogP) is 4.06. The number of fused-ring (bicyclic) bond motifs is 4. The van der Waals surface area contributed by atoms with Crippen molar-refractivity contribution in [1.29, 1.82) is 5.26 Å². The highest BCUT2D eigenvalue weighted by Crippen LogP contribution is 2.46. The van der Waals surface area contributed by atoms with Gasteiger partial charge in [0, 0.05) is 42.2 Å². The first-order valence-electron chi connectivity index (χ1n) is 11.2. The Hall–Kier alpha value is -2.95. The molecule has 0 spiro atoms. The molecule has 2 aromatic carbocycles. The Balaban J connectivity index is 1.59. The van der Waals surface area contributed by atoms with Gasteiger partial charge in [0.2, 0.25) is 10.0 Å². The molecule has 33 heavy (non-hydrogen) atoms. The van der Waals surface area contributed by atoms with Crippen LogP contribution in [0.15, 0.2) is 36.4 Å². The van der Waals surface area contributed by atoms with Crippen LogP contribution in [-0.2, 0) is 22.5 Å². The highest BCUT2D eigenvalue weighted by Gasteiger charge is 2.41. The van der Waals surface area contributed by atoms with Gasteiger partial charge in [-0.2, -0.15) is 5.26 Å². The van der Waals surface area contributed by atoms with Crippen molar-refractivity contribution >= 4 is 26.7 Å². The predicted molar refractivity (Wildman–Crippen MR) is 128 cm³/mol. The Labute approximate surface area is 194 Å². The molecule has 1 aliphatic heterocycles. The summed E-state index contributed by atoms with van der Waals surface area (Å²) in [5.74, 6) is 0.291. The fourth-order valence-corrected chi connectivity index (χ4v) is 6.66. The van der Waals surface area contributed by atoms with Crippen LogP contribution in [0.4, 0.5) is 0 Å². The van der Waals surface area contributed by atoms with E-state index in [0.29, 0.717) is 18.7 Å². The van der Waals surface area contributed by atoms with Crippen molar-refractivity contribution in [3.05, 3.63) is 69.9 Å². The molecule has 0 unspecified atom stereocenters. The molecular formula is C26H27N3O3S. The first kappa shape index (κ1) is 21.9. The number of ketones is 1. The molecule has 0 N–H and O–H groups in total. The number of hydrogen-bond acceptors (Lipinski definition) is 4. The van der Waals surface area contributed by atoms with Gasteiger partial charge >= 0.3 is 0 Å². The van der Waals surface area contributed by atoms with E-state index in [2.05, 4.69) is 30.6 Å². The summed E-state index contributed by atoms with van der Waals surface area (Å²) < 4.78 is 27.4. The number of benzene rings is 2. The molecule has 170 valence electrons. The van der Waals surface area contributed by atoms with Gasteiger partial charge in [-0.05, 0) is 42.0 Å². The topological polar surface area (TPSA) is 83.2 Å². The number of nitrogens with zero attached hydrogens (tertiary/aromatic N) is 3. The SMILES string of the molecule is Cn1c2c(c3ccc(C#N)cc31)C(=O)c1ccc(C3CCN(S(C)(=O)=O)CC3)cc1C2(C)C. The van der Waals surface area contributed by atoms with Crippen LogP contribution in [0.25, 0.3) is 10.9 Å². The summed E-state index contributed by atoms with van der Waals surface area (Å²) in [6.07, 6.45) is 2.81. The Morgan fingerprint density at radius 3 is 2.42 bits per heavy atom. The third kappa shape index (κ3) is 3.24. The second-order valence-electron chi connectivity index (χ2n) is 9.82. The van der Waals surface area contributed by atoms with Gasteiger partial charge < -0.3 is 4.57 Å². The lowest BCUT2D eigenvalue weighted by atomic mass is 9.70. The molecule has 1 saturated heterocycles. The van der Waals surface area contributed by atoms with E-state index in [9.17, 15) is 18.5 Å². The summed E-state index contributed by atoms with van der Waals surface area (Å²) >= 11 is 0. The second kappa shape index (κ2) is 7.28. The Kier molecular flexibility index (Phi) is 4.82. The fourth-order valence-electron chi connectivity index (χ4n) is 5.78. The van der Waals surface area contributed by atoms with Gasteiger partial charge in [-0.15, -0.1) is 0 Å². The number of carbonyl (C=O) groups excluding carboxylic acids is 1. The van der Waals surface area contributed by atoms with Crippen molar-refractivity contribution in [3.8, 4) is 6.07 Å². The van der Waals surface area contributed by atoms with Crippen molar-refractivity contribution in [3.63, 3.8) is 0 Å². The maximum absolute atomic E-state index is 13.7. The lowest BCUT2D eigenvalue weighted by Gasteiger charge is -2.35. The lowest BCUT2D eigenvalue weighted by molar-refractivity contribution is 0.103. The maximum atomic E-state index is 13.7. The first-order valence-corrected chi connectivity index (χ1v) is 13.1. The van der Waals surface area contributed by atoms with E-state index in [0.717, 1.165) is 51.7 Å². The minimum absolute atomic E-state index is 0.0214. The van der Waals surface area contributed by atoms with Crippen molar-refractivity contribution in [1.82, 2.24) is 8.87 Å². The monoisotopic (exact) mass is 461 g/mol. The largest absolute Gasteiger partial charge is 0.346 e.